The lowest BCUT2D eigenvalue weighted by atomic mass is 10.3. The monoisotopic (exact) mass is 294 g/mol. The number of fused-ring (bicyclic) bond motifs is 1. The van der Waals surface area contributed by atoms with E-state index in [2.05, 4.69) is 9.97 Å². The van der Waals surface area contributed by atoms with Crippen molar-refractivity contribution in [1.82, 2.24) is 14.9 Å². The van der Waals surface area contributed by atoms with Gasteiger partial charge in [-0.3, -0.25) is 0 Å². The van der Waals surface area contributed by atoms with Crippen molar-refractivity contribution in [2.24, 2.45) is 0 Å². The number of carbonyl (C=O) groups is 1. The average molecular weight is 294 g/mol. The van der Waals surface area contributed by atoms with E-state index < -0.39 is 6.09 Å². The van der Waals surface area contributed by atoms with Crippen LogP contribution in [0.2, 0.25) is 0 Å². The van der Waals surface area contributed by atoms with Crippen LogP contribution in [0.1, 0.15) is 0 Å². The molecule has 1 amide bonds. The molecule has 0 saturated carbocycles. The second-order valence-corrected chi connectivity index (χ2v) is 5.34. The van der Waals surface area contributed by atoms with Crippen LogP contribution in [-0.2, 0) is 0 Å². The third-order valence-corrected chi connectivity index (χ3v) is 4.18. The van der Waals surface area contributed by atoms with Crippen LogP contribution in [0.25, 0.3) is 10.2 Å². The van der Waals surface area contributed by atoms with Gasteiger partial charge in [-0.2, -0.15) is 4.98 Å². The summed E-state index contributed by atoms with van der Waals surface area (Å²) in [5, 5.41) is 10.9. The van der Waals surface area contributed by atoms with Gasteiger partial charge in [-0.15, -0.1) is 11.3 Å². The van der Waals surface area contributed by atoms with E-state index in [4.69, 9.17) is 9.84 Å². The molecule has 3 heterocycles. The summed E-state index contributed by atoms with van der Waals surface area (Å²) in [6.07, 6.45) is -0.878. The van der Waals surface area contributed by atoms with E-state index in [0.29, 0.717) is 38.0 Å². The van der Waals surface area contributed by atoms with E-state index in [-0.39, 0.29) is 0 Å². The number of anilines is 1. The quantitative estimate of drug-likeness (QED) is 0.904. The summed E-state index contributed by atoms with van der Waals surface area (Å²) in [5.41, 5.74) is 0.859. The van der Waals surface area contributed by atoms with Gasteiger partial charge < -0.3 is 19.6 Å². The molecule has 0 bridgehead atoms. The van der Waals surface area contributed by atoms with Crippen molar-refractivity contribution in [3.8, 4) is 5.88 Å². The minimum Gasteiger partial charge on any atom is -0.480 e. The van der Waals surface area contributed by atoms with Gasteiger partial charge in [0.15, 0.2) is 0 Å². The highest BCUT2D eigenvalue weighted by Crippen LogP contribution is 2.29. The Morgan fingerprint density at radius 3 is 2.75 bits per heavy atom. The lowest BCUT2D eigenvalue weighted by molar-refractivity contribution is 0.142. The lowest BCUT2D eigenvalue weighted by Crippen LogP contribution is -2.48. The highest BCUT2D eigenvalue weighted by molar-refractivity contribution is 7.17. The van der Waals surface area contributed by atoms with Gasteiger partial charge in [0.1, 0.15) is 4.70 Å². The number of methoxy groups -OCH3 is 1. The predicted molar refractivity (Wildman–Crippen MR) is 75.8 cm³/mol. The first-order valence-electron chi connectivity index (χ1n) is 6.21. The topological polar surface area (TPSA) is 78.8 Å². The molecule has 0 unspecified atom stereocenters. The number of piperazine rings is 1. The Kier molecular flexibility index (Phi) is 3.31. The summed E-state index contributed by atoms with van der Waals surface area (Å²) < 4.78 is 6.24. The SMILES string of the molecule is COc1nc(N2CCN(C(=O)O)CC2)nc2ccsc12. The predicted octanol–water partition coefficient (Wildman–Crippen LogP) is 1.50. The third kappa shape index (κ3) is 2.22. The van der Waals surface area contributed by atoms with E-state index in [1.807, 2.05) is 16.3 Å². The Morgan fingerprint density at radius 1 is 1.35 bits per heavy atom. The van der Waals surface area contributed by atoms with Gasteiger partial charge in [0.2, 0.25) is 11.8 Å². The molecule has 0 spiro atoms. The van der Waals surface area contributed by atoms with Crippen molar-refractivity contribution in [2.75, 3.05) is 38.2 Å². The van der Waals surface area contributed by atoms with Gasteiger partial charge in [-0.1, -0.05) is 0 Å². The number of thiophene rings is 1. The Hall–Kier alpha value is -2.09. The van der Waals surface area contributed by atoms with Crippen LogP contribution in [0, 0.1) is 0 Å². The summed E-state index contributed by atoms with van der Waals surface area (Å²) in [7, 11) is 1.59. The number of hydrogen-bond donors (Lipinski definition) is 1. The van der Waals surface area contributed by atoms with Crippen molar-refractivity contribution in [2.45, 2.75) is 0 Å². The molecular weight excluding hydrogens is 280 g/mol. The minimum atomic E-state index is -0.878. The Balaban J connectivity index is 1.86. The Labute approximate surface area is 119 Å². The molecule has 0 aromatic carbocycles. The molecule has 0 aliphatic carbocycles. The normalized spacial score (nSPS) is 15.7. The third-order valence-electron chi connectivity index (χ3n) is 3.29. The van der Waals surface area contributed by atoms with Gasteiger partial charge in [-0.25, -0.2) is 9.78 Å². The van der Waals surface area contributed by atoms with Crippen molar-refractivity contribution in [3.63, 3.8) is 0 Å². The summed E-state index contributed by atoms with van der Waals surface area (Å²) >= 11 is 1.54. The van der Waals surface area contributed by atoms with Crippen molar-refractivity contribution in [1.29, 1.82) is 0 Å². The summed E-state index contributed by atoms with van der Waals surface area (Å²) in [4.78, 5) is 23.2. The van der Waals surface area contributed by atoms with Crippen LogP contribution < -0.4 is 9.64 Å². The highest BCUT2D eigenvalue weighted by atomic mass is 32.1. The number of carboxylic acid groups (broad SMARTS) is 1. The first-order chi connectivity index (χ1) is 9.69. The fourth-order valence-electron chi connectivity index (χ4n) is 2.20. The fraction of sp³-hybridized carbons (Fsp3) is 0.417. The number of aromatic nitrogens is 2. The minimum absolute atomic E-state index is 0.461. The van der Waals surface area contributed by atoms with Crippen LogP contribution in [-0.4, -0.2) is 59.4 Å². The molecule has 1 saturated heterocycles. The molecule has 0 radical (unpaired) electrons. The van der Waals surface area contributed by atoms with E-state index in [1.165, 1.54) is 4.90 Å². The van der Waals surface area contributed by atoms with Crippen molar-refractivity contribution >= 4 is 33.6 Å². The molecule has 8 heteroatoms. The summed E-state index contributed by atoms with van der Waals surface area (Å²) in [6.45, 7) is 2.10. The molecule has 0 atom stereocenters. The number of nitrogens with zero attached hydrogens (tertiary/aromatic N) is 4. The maximum absolute atomic E-state index is 10.9. The molecule has 7 nitrogen and oxygen atoms in total. The molecule has 2 aromatic heterocycles. The first-order valence-corrected chi connectivity index (χ1v) is 7.09. The number of amides is 1. The van der Waals surface area contributed by atoms with Crippen LogP contribution in [0.5, 0.6) is 5.88 Å². The van der Waals surface area contributed by atoms with Crippen LogP contribution in [0.4, 0.5) is 10.7 Å². The smallest absolute Gasteiger partial charge is 0.407 e. The van der Waals surface area contributed by atoms with Gasteiger partial charge in [0.25, 0.3) is 0 Å². The van der Waals surface area contributed by atoms with Crippen LogP contribution in [0.3, 0.4) is 0 Å². The highest BCUT2D eigenvalue weighted by Gasteiger charge is 2.23. The number of rotatable bonds is 2. The Bertz CT molecular complexity index is 637. The van der Waals surface area contributed by atoms with Crippen LogP contribution >= 0.6 is 11.3 Å². The molecule has 1 aliphatic rings. The first kappa shape index (κ1) is 12.9. The van der Waals surface area contributed by atoms with E-state index in [1.54, 1.807) is 18.4 Å². The van der Waals surface area contributed by atoms with E-state index in [0.717, 1.165) is 10.2 Å². The summed E-state index contributed by atoms with van der Waals surface area (Å²) in [5.74, 6) is 1.17. The molecule has 20 heavy (non-hydrogen) atoms. The van der Waals surface area contributed by atoms with E-state index in [9.17, 15) is 4.79 Å². The fourth-order valence-corrected chi connectivity index (χ4v) is 3.00. The van der Waals surface area contributed by atoms with Crippen molar-refractivity contribution in [3.05, 3.63) is 11.4 Å². The van der Waals surface area contributed by atoms with Gasteiger partial charge >= 0.3 is 6.09 Å². The summed E-state index contributed by atoms with van der Waals surface area (Å²) in [6, 6.07) is 1.93. The zero-order chi connectivity index (χ0) is 14.1. The molecule has 1 aliphatic heterocycles. The molecule has 1 fully saturated rings. The van der Waals surface area contributed by atoms with Crippen molar-refractivity contribution < 1.29 is 14.6 Å². The average Bonchev–Trinajstić information content (AvgIpc) is 2.94. The van der Waals surface area contributed by atoms with Gasteiger partial charge in [-0.05, 0) is 11.4 Å². The lowest BCUT2D eigenvalue weighted by Gasteiger charge is -2.33. The van der Waals surface area contributed by atoms with Gasteiger partial charge in [0.05, 0.1) is 12.6 Å². The number of hydrogen-bond acceptors (Lipinski definition) is 6. The molecule has 106 valence electrons. The standard InChI is InChI=1S/C12H14N4O3S/c1-19-10-9-8(2-7-20-9)13-11(14-10)15-3-5-16(6-4-15)12(17)18/h2,7H,3-6H2,1H3,(H,17,18). The second kappa shape index (κ2) is 5.12. The number of ether oxygens (including phenoxy) is 1. The molecule has 1 N–H and O–H groups in total. The molecular formula is C12H14N4O3S. The van der Waals surface area contributed by atoms with E-state index >= 15 is 0 Å². The second-order valence-electron chi connectivity index (χ2n) is 4.42. The van der Waals surface area contributed by atoms with Crippen LogP contribution in [0.15, 0.2) is 11.4 Å². The largest absolute Gasteiger partial charge is 0.480 e. The zero-order valence-electron chi connectivity index (χ0n) is 10.9. The molecule has 2 aromatic rings. The zero-order valence-corrected chi connectivity index (χ0v) is 11.8. The van der Waals surface area contributed by atoms with Gasteiger partial charge in [0, 0.05) is 26.2 Å². The maximum atomic E-state index is 10.9. The maximum Gasteiger partial charge on any atom is 0.407 e. The Morgan fingerprint density at radius 2 is 2.10 bits per heavy atom. The molecule has 3 rings (SSSR count).